The van der Waals surface area contributed by atoms with E-state index in [1.807, 2.05) is 37.3 Å². The van der Waals surface area contributed by atoms with Gasteiger partial charge >= 0.3 is 6.03 Å². The Hall–Kier alpha value is -1.51. The summed E-state index contributed by atoms with van der Waals surface area (Å²) in [6.07, 6.45) is 2.11. The molecule has 0 heterocycles. The number of carbonyl (C=O) groups excluding carboxylic acids is 1. The molecule has 0 aromatic heterocycles. The summed E-state index contributed by atoms with van der Waals surface area (Å²) in [5.41, 5.74) is 1.12. The highest BCUT2D eigenvalue weighted by Crippen LogP contribution is 2.10. The van der Waals surface area contributed by atoms with Gasteiger partial charge in [-0.3, -0.25) is 0 Å². The van der Waals surface area contributed by atoms with Gasteiger partial charge in [0, 0.05) is 6.54 Å². The highest BCUT2D eigenvalue weighted by molar-refractivity contribution is 5.74. The Labute approximate surface area is 97.2 Å². The Morgan fingerprint density at radius 3 is 2.62 bits per heavy atom. The average molecular weight is 220 g/mol. The van der Waals surface area contributed by atoms with Crippen LogP contribution in [0.1, 0.15) is 38.3 Å². The van der Waals surface area contributed by atoms with Crippen molar-refractivity contribution in [1.29, 1.82) is 0 Å². The maximum Gasteiger partial charge on any atom is 0.315 e. The first-order valence-corrected chi connectivity index (χ1v) is 5.83. The van der Waals surface area contributed by atoms with E-state index in [1.54, 1.807) is 0 Å². The molecule has 3 nitrogen and oxygen atoms in total. The third-order valence-corrected chi connectivity index (χ3v) is 2.46. The Balaban J connectivity index is 2.34. The maximum atomic E-state index is 11.5. The Morgan fingerprint density at radius 1 is 1.31 bits per heavy atom. The van der Waals surface area contributed by atoms with Crippen molar-refractivity contribution in [2.75, 3.05) is 6.54 Å². The van der Waals surface area contributed by atoms with Crippen molar-refractivity contribution in [3.63, 3.8) is 0 Å². The van der Waals surface area contributed by atoms with E-state index in [4.69, 9.17) is 0 Å². The molecule has 0 aliphatic carbocycles. The SMILES string of the molecule is CCCCNC(=O)N[C@@H](C)c1ccccc1. The quantitative estimate of drug-likeness (QED) is 0.736. The molecule has 0 aliphatic rings. The van der Waals surface area contributed by atoms with Gasteiger partial charge in [0.1, 0.15) is 0 Å². The zero-order chi connectivity index (χ0) is 11.8. The van der Waals surface area contributed by atoms with E-state index < -0.39 is 0 Å². The minimum Gasteiger partial charge on any atom is -0.338 e. The third-order valence-electron chi connectivity index (χ3n) is 2.46. The molecule has 0 bridgehead atoms. The zero-order valence-electron chi connectivity index (χ0n) is 9.99. The van der Waals surface area contributed by atoms with Crippen molar-refractivity contribution >= 4 is 6.03 Å². The number of rotatable bonds is 5. The average Bonchev–Trinajstić information content (AvgIpc) is 2.30. The van der Waals surface area contributed by atoms with Crippen LogP contribution < -0.4 is 10.6 Å². The van der Waals surface area contributed by atoms with Gasteiger partial charge in [0.25, 0.3) is 0 Å². The molecule has 0 unspecified atom stereocenters. The minimum absolute atomic E-state index is 0.0443. The molecule has 2 N–H and O–H groups in total. The minimum atomic E-state index is -0.0928. The van der Waals surface area contributed by atoms with Crippen LogP contribution in [0, 0.1) is 0 Å². The van der Waals surface area contributed by atoms with Crippen molar-refractivity contribution in [2.45, 2.75) is 32.7 Å². The molecule has 0 spiro atoms. The summed E-state index contributed by atoms with van der Waals surface area (Å²) < 4.78 is 0. The lowest BCUT2D eigenvalue weighted by molar-refractivity contribution is 0.238. The monoisotopic (exact) mass is 220 g/mol. The van der Waals surface area contributed by atoms with Gasteiger partial charge in [0.15, 0.2) is 0 Å². The molecule has 0 radical (unpaired) electrons. The zero-order valence-corrected chi connectivity index (χ0v) is 9.99. The van der Waals surface area contributed by atoms with Gasteiger partial charge in [0.2, 0.25) is 0 Å². The second-order valence-electron chi connectivity index (χ2n) is 3.89. The van der Waals surface area contributed by atoms with E-state index in [1.165, 1.54) is 0 Å². The van der Waals surface area contributed by atoms with E-state index in [-0.39, 0.29) is 12.1 Å². The summed E-state index contributed by atoms with van der Waals surface area (Å²) >= 11 is 0. The third kappa shape index (κ3) is 4.34. The topological polar surface area (TPSA) is 41.1 Å². The summed E-state index contributed by atoms with van der Waals surface area (Å²) in [6.45, 7) is 4.82. The van der Waals surface area contributed by atoms with Crippen LogP contribution in [-0.2, 0) is 0 Å². The first-order valence-electron chi connectivity index (χ1n) is 5.83. The van der Waals surface area contributed by atoms with E-state index >= 15 is 0 Å². The van der Waals surface area contributed by atoms with Crippen LogP contribution in [0.4, 0.5) is 4.79 Å². The molecule has 88 valence electrons. The van der Waals surface area contributed by atoms with Gasteiger partial charge in [-0.05, 0) is 18.9 Å². The fourth-order valence-electron chi connectivity index (χ4n) is 1.45. The van der Waals surface area contributed by atoms with Crippen LogP contribution in [0.5, 0.6) is 0 Å². The summed E-state index contributed by atoms with van der Waals surface area (Å²) in [7, 11) is 0. The summed E-state index contributed by atoms with van der Waals surface area (Å²) in [4.78, 5) is 11.5. The lowest BCUT2D eigenvalue weighted by atomic mass is 10.1. The summed E-state index contributed by atoms with van der Waals surface area (Å²) in [5.74, 6) is 0. The number of amides is 2. The number of hydrogen-bond donors (Lipinski definition) is 2. The van der Waals surface area contributed by atoms with Crippen molar-refractivity contribution < 1.29 is 4.79 Å². The molecule has 3 heteroatoms. The fraction of sp³-hybridized carbons (Fsp3) is 0.462. The van der Waals surface area contributed by atoms with Crippen LogP contribution in [-0.4, -0.2) is 12.6 Å². The van der Waals surface area contributed by atoms with Gasteiger partial charge in [-0.1, -0.05) is 43.7 Å². The van der Waals surface area contributed by atoms with E-state index in [0.717, 1.165) is 24.9 Å². The number of urea groups is 1. The first kappa shape index (κ1) is 12.6. The Morgan fingerprint density at radius 2 is 2.00 bits per heavy atom. The summed E-state index contributed by atoms with van der Waals surface area (Å²) in [6, 6.07) is 9.89. The van der Waals surface area contributed by atoms with Crippen LogP contribution in [0.15, 0.2) is 30.3 Å². The molecule has 0 saturated heterocycles. The summed E-state index contributed by atoms with van der Waals surface area (Å²) in [5, 5.41) is 5.74. The second kappa shape index (κ2) is 6.88. The lowest BCUT2D eigenvalue weighted by Gasteiger charge is -2.14. The molecule has 2 amide bonds. The molecule has 0 aliphatic heterocycles. The number of unbranched alkanes of at least 4 members (excludes halogenated alkanes) is 1. The van der Waals surface area contributed by atoms with Crippen molar-refractivity contribution in [2.24, 2.45) is 0 Å². The highest BCUT2D eigenvalue weighted by Gasteiger charge is 2.07. The normalized spacial score (nSPS) is 11.9. The molecule has 1 atom stereocenters. The van der Waals surface area contributed by atoms with Crippen LogP contribution in [0.3, 0.4) is 0 Å². The molecule has 0 saturated carbocycles. The molecular formula is C13H20N2O. The van der Waals surface area contributed by atoms with Crippen molar-refractivity contribution in [3.05, 3.63) is 35.9 Å². The van der Waals surface area contributed by atoms with Crippen LogP contribution in [0.25, 0.3) is 0 Å². The Kier molecular flexibility index (Phi) is 5.40. The van der Waals surface area contributed by atoms with Gasteiger partial charge in [-0.2, -0.15) is 0 Å². The standard InChI is InChI=1S/C13H20N2O/c1-3-4-10-14-13(16)15-11(2)12-8-6-5-7-9-12/h5-9,11H,3-4,10H2,1-2H3,(H2,14,15,16)/t11-/m0/s1. The fourth-order valence-corrected chi connectivity index (χ4v) is 1.45. The van der Waals surface area contributed by atoms with Gasteiger partial charge in [-0.15, -0.1) is 0 Å². The number of hydrogen-bond acceptors (Lipinski definition) is 1. The number of nitrogens with one attached hydrogen (secondary N) is 2. The second-order valence-corrected chi connectivity index (χ2v) is 3.89. The van der Waals surface area contributed by atoms with Crippen molar-refractivity contribution in [1.82, 2.24) is 10.6 Å². The highest BCUT2D eigenvalue weighted by atomic mass is 16.2. The molecule has 0 fully saturated rings. The number of benzene rings is 1. The predicted octanol–water partition coefficient (Wildman–Crippen LogP) is 2.85. The number of carbonyl (C=O) groups is 1. The maximum absolute atomic E-state index is 11.5. The molecular weight excluding hydrogens is 200 g/mol. The van der Waals surface area contributed by atoms with Gasteiger partial charge in [0.05, 0.1) is 6.04 Å². The van der Waals surface area contributed by atoms with E-state index in [2.05, 4.69) is 17.6 Å². The smallest absolute Gasteiger partial charge is 0.315 e. The molecule has 1 aromatic rings. The first-order chi connectivity index (χ1) is 7.74. The van der Waals surface area contributed by atoms with Gasteiger partial charge in [-0.25, -0.2) is 4.79 Å². The van der Waals surface area contributed by atoms with Crippen LogP contribution in [0.2, 0.25) is 0 Å². The Bertz CT molecular complexity index is 311. The predicted molar refractivity (Wildman–Crippen MR) is 66.3 cm³/mol. The van der Waals surface area contributed by atoms with Crippen molar-refractivity contribution in [3.8, 4) is 0 Å². The van der Waals surface area contributed by atoms with Crippen LogP contribution >= 0.6 is 0 Å². The van der Waals surface area contributed by atoms with Gasteiger partial charge < -0.3 is 10.6 Å². The lowest BCUT2D eigenvalue weighted by Crippen LogP contribution is -2.37. The van der Waals surface area contributed by atoms with E-state index in [9.17, 15) is 4.79 Å². The van der Waals surface area contributed by atoms with E-state index in [0.29, 0.717) is 0 Å². The molecule has 1 aromatic carbocycles. The molecule has 16 heavy (non-hydrogen) atoms. The largest absolute Gasteiger partial charge is 0.338 e. The molecule has 1 rings (SSSR count).